The van der Waals surface area contributed by atoms with Gasteiger partial charge in [-0.15, -0.1) is 0 Å². The second-order valence-electron chi connectivity index (χ2n) is 5.16. The van der Waals surface area contributed by atoms with Crippen LogP contribution < -0.4 is 0 Å². The molecular weight excluding hydrogens is 164 g/mol. The van der Waals surface area contributed by atoms with Gasteiger partial charge in [0.2, 0.25) is 0 Å². The zero-order chi connectivity index (χ0) is 10.6. The van der Waals surface area contributed by atoms with Gasteiger partial charge in [-0.05, 0) is 17.8 Å². The normalized spacial score (nSPS) is 14.4. The van der Waals surface area contributed by atoms with Crippen molar-refractivity contribution in [1.29, 1.82) is 0 Å². The van der Waals surface area contributed by atoms with E-state index in [9.17, 15) is 4.79 Å². The molecule has 0 spiro atoms. The summed E-state index contributed by atoms with van der Waals surface area (Å²) in [6.45, 7) is 12.1. The molecule has 2 nitrogen and oxygen atoms in total. The summed E-state index contributed by atoms with van der Waals surface area (Å²) >= 11 is 0. The third kappa shape index (κ3) is 6.62. The number of carbonyl (C=O) groups is 1. The summed E-state index contributed by atoms with van der Waals surface area (Å²) in [5.74, 6) is 0.214. The Morgan fingerprint density at radius 2 is 1.77 bits per heavy atom. The number of ether oxygens (including phenoxy) is 1. The van der Waals surface area contributed by atoms with Crippen LogP contribution in [0.15, 0.2) is 0 Å². The zero-order valence-electron chi connectivity index (χ0n) is 9.68. The van der Waals surface area contributed by atoms with Crippen LogP contribution in [0.4, 0.5) is 0 Å². The molecule has 78 valence electrons. The van der Waals surface area contributed by atoms with Crippen LogP contribution in [0.3, 0.4) is 0 Å². The van der Waals surface area contributed by atoms with Crippen molar-refractivity contribution in [3.63, 3.8) is 0 Å². The molecule has 0 aromatic carbocycles. The Bertz CT molecular complexity index is 165. The molecule has 0 aromatic rings. The molecule has 0 aliphatic heterocycles. The molecule has 13 heavy (non-hydrogen) atoms. The summed E-state index contributed by atoms with van der Waals surface area (Å²) < 4.78 is 5.25. The average Bonchev–Trinajstić information content (AvgIpc) is 1.81. The molecule has 0 aliphatic carbocycles. The monoisotopic (exact) mass is 186 g/mol. The average molecular weight is 186 g/mol. The first-order valence-corrected chi connectivity index (χ1v) is 4.89. The minimum Gasteiger partial charge on any atom is -0.462 e. The fourth-order valence-corrected chi connectivity index (χ4v) is 1.23. The van der Waals surface area contributed by atoms with Crippen LogP contribution in [0.1, 0.15) is 48.0 Å². The highest BCUT2D eigenvalue weighted by Crippen LogP contribution is 2.26. The van der Waals surface area contributed by atoms with E-state index in [0.29, 0.717) is 5.92 Å². The van der Waals surface area contributed by atoms with Crippen molar-refractivity contribution in [2.24, 2.45) is 11.3 Å². The van der Waals surface area contributed by atoms with E-state index in [1.54, 1.807) is 0 Å². The summed E-state index contributed by atoms with van der Waals surface area (Å²) in [6, 6.07) is 0. The lowest BCUT2D eigenvalue weighted by atomic mass is 9.85. The van der Waals surface area contributed by atoms with E-state index in [1.165, 1.54) is 6.92 Å². The van der Waals surface area contributed by atoms with E-state index in [4.69, 9.17) is 4.74 Å². The molecule has 0 radical (unpaired) electrons. The van der Waals surface area contributed by atoms with Crippen LogP contribution in [0, 0.1) is 11.3 Å². The van der Waals surface area contributed by atoms with E-state index in [2.05, 4.69) is 34.6 Å². The van der Waals surface area contributed by atoms with Crippen molar-refractivity contribution < 1.29 is 9.53 Å². The van der Waals surface area contributed by atoms with Crippen LogP contribution in [0.5, 0.6) is 0 Å². The van der Waals surface area contributed by atoms with Gasteiger partial charge >= 0.3 is 5.97 Å². The van der Waals surface area contributed by atoms with Crippen molar-refractivity contribution in [2.75, 3.05) is 0 Å². The first-order valence-electron chi connectivity index (χ1n) is 4.89. The highest BCUT2D eigenvalue weighted by Gasteiger charge is 2.23. The van der Waals surface area contributed by atoms with Gasteiger partial charge in [-0.25, -0.2) is 0 Å². The number of esters is 1. The smallest absolute Gasteiger partial charge is 0.302 e. The van der Waals surface area contributed by atoms with Crippen LogP contribution in [-0.4, -0.2) is 12.1 Å². The van der Waals surface area contributed by atoms with Gasteiger partial charge in [-0.3, -0.25) is 4.79 Å². The summed E-state index contributed by atoms with van der Waals surface area (Å²) in [6.07, 6.45) is 0.974. The molecule has 0 saturated heterocycles. The summed E-state index contributed by atoms with van der Waals surface area (Å²) in [5, 5.41) is 0. The van der Waals surface area contributed by atoms with Gasteiger partial charge in [0.25, 0.3) is 0 Å². The predicted octanol–water partition coefficient (Wildman–Crippen LogP) is 3.01. The molecule has 0 bridgehead atoms. The highest BCUT2D eigenvalue weighted by molar-refractivity contribution is 5.66. The number of carbonyl (C=O) groups excluding carboxylic acids is 1. The molecule has 0 N–H and O–H groups in total. The van der Waals surface area contributed by atoms with Crippen molar-refractivity contribution >= 4 is 5.97 Å². The molecule has 0 aliphatic rings. The Morgan fingerprint density at radius 3 is 2.00 bits per heavy atom. The van der Waals surface area contributed by atoms with Gasteiger partial charge in [0, 0.05) is 6.92 Å². The Balaban J connectivity index is 4.19. The largest absolute Gasteiger partial charge is 0.462 e. The van der Waals surface area contributed by atoms with Crippen LogP contribution in [0.2, 0.25) is 0 Å². The van der Waals surface area contributed by atoms with Crippen LogP contribution in [-0.2, 0) is 9.53 Å². The van der Waals surface area contributed by atoms with Crippen LogP contribution >= 0.6 is 0 Å². The highest BCUT2D eigenvalue weighted by atomic mass is 16.5. The molecule has 1 atom stereocenters. The van der Waals surface area contributed by atoms with E-state index >= 15 is 0 Å². The van der Waals surface area contributed by atoms with E-state index in [1.807, 2.05) is 0 Å². The molecule has 0 heterocycles. The lowest BCUT2D eigenvalue weighted by Crippen LogP contribution is -2.27. The standard InChI is InChI=1S/C11H22O2/c1-8(2)10(13-9(3)12)7-11(4,5)6/h8,10H,7H2,1-6H3. The van der Waals surface area contributed by atoms with Gasteiger partial charge < -0.3 is 4.74 Å². The number of rotatable bonds is 3. The molecule has 0 fully saturated rings. The summed E-state index contributed by atoms with van der Waals surface area (Å²) in [5.41, 5.74) is 0.213. The van der Waals surface area contributed by atoms with E-state index in [0.717, 1.165) is 6.42 Å². The lowest BCUT2D eigenvalue weighted by molar-refractivity contribution is -0.150. The lowest BCUT2D eigenvalue weighted by Gasteiger charge is -2.28. The zero-order valence-corrected chi connectivity index (χ0v) is 9.68. The molecular formula is C11H22O2. The Morgan fingerprint density at radius 1 is 1.31 bits per heavy atom. The van der Waals surface area contributed by atoms with E-state index in [-0.39, 0.29) is 17.5 Å². The number of hydrogen-bond acceptors (Lipinski definition) is 2. The Kier molecular flexibility index (Phi) is 4.45. The minimum atomic E-state index is -0.178. The molecule has 0 aromatic heterocycles. The molecule has 0 rings (SSSR count). The second kappa shape index (κ2) is 4.64. The summed E-state index contributed by atoms with van der Waals surface area (Å²) in [4.78, 5) is 10.8. The van der Waals surface area contributed by atoms with Gasteiger partial charge in [0.1, 0.15) is 6.10 Å². The minimum absolute atomic E-state index is 0.0532. The first-order chi connectivity index (χ1) is 5.72. The second-order valence-corrected chi connectivity index (χ2v) is 5.16. The molecule has 0 saturated carbocycles. The van der Waals surface area contributed by atoms with Gasteiger partial charge in [-0.2, -0.15) is 0 Å². The maximum Gasteiger partial charge on any atom is 0.302 e. The molecule has 1 unspecified atom stereocenters. The predicted molar refractivity (Wildman–Crippen MR) is 54.5 cm³/mol. The molecule has 2 heteroatoms. The maximum atomic E-state index is 10.8. The summed E-state index contributed by atoms with van der Waals surface area (Å²) in [7, 11) is 0. The topological polar surface area (TPSA) is 26.3 Å². The fourth-order valence-electron chi connectivity index (χ4n) is 1.23. The van der Waals surface area contributed by atoms with Gasteiger partial charge in [0.05, 0.1) is 0 Å². The third-order valence-electron chi connectivity index (χ3n) is 1.87. The number of hydrogen-bond donors (Lipinski definition) is 0. The fraction of sp³-hybridized carbons (Fsp3) is 0.909. The van der Waals surface area contributed by atoms with Crippen molar-refractivity contribution in [3.8, 4) is 0 Å². The third-order valence-corrected chi connectivity index (χ3v) is 1.87. The van der Waals surface area contributed by atoms with Crippen LogP contribution in [0.25, 0.3) is 0 Å². The maximum absolute atomic E-state index is 10.8. The van der Waals surface area contributed by atoms with Crippen molar-refractivity contribution in [3.05, 3.63) is 0 Å². The SMILES string of the molecule is CC(=O)OC(CC(C)(C)C)C(C)C. The van der Waals surface area contributed by atoms with Crippen molar-refractivity contribution in [1.82, 2.24) is 0 Å². The quantitative estimate of drug-likeness (QED) is 0.633. The van der Waals surface area contributed by atoms with Crippen molar-refractivity contribution in [2.45, 2.75) is 54.1 Å². The van der Waals surface area contributed by atoms with Gasteiger partial charge in [0.15, 0.2) is 0 Å². The Labute approximate surface area is 81.7 Å². The molecule has 0 amide bonds. The first kappa shape index (κ1) is 12.5. The van der Waals surface area contributed by atoms with Gasteiger partial charge in [-0.1, -0.05) is 34.6 Å². The Hall–Kier alpha value is -0.530. The van der Waals surface area contributed by atoms with E-state index < -0.39 is 0 Å².